The fourth-order valence-electron chi connectivity index (χ4n) is 5.47. The third-order valence-electron chi connectivity index (χ3n) is 7.22. The topological polar surface area (TPSA) is 0 Å². The molecule has 2 fully saturated rings. The van der Waals surface area contributed by atoms with Crippen LogP contribution in [0.25, 0.3) is 0 Å². The quantitative estimate of drug-likeness (QED) is 0.330. The monoisotopic (exact) mass is 356 g/mol. The van der Waals surface area contributed by atoms with Gasteiger partial charge in [0.25, 0.3) is 0 Å². The summed E-state index contributed by atoms with van der Waals surface area (Å²) in [5.41, 5.74) is 1.29. The van der Waals surface area contributed by atoms with Crippen LogP contribution in [0.2, 0.25) is 0 Å². The predicted octanol–water partition coefficient (Wildman–Crippen LogP) is 7.73. The number of unbranched alkanes of at least 4 members (excludes halogenated alkanes) is 1. The average molecular weight is 357 g/mol. The Morgan fingerprint density at radius 3 is 1.88 bits per heavy atom. The van der Waals surface area contributed by atoms with Crippen molar-refractivity contribution in [3.8, 4) is 0 Å². The Balaban J connectivity index is 1.32. The molecule has 26 heavy (non-hydrogen) atoms. The molecule has 2 aliphatic carbocycles. The van der Waals surface area contributed by atoms with E-state index in [4.69, 9.17) is 0 Å². The van der Waals surface area contributed by atoms with Crippen molar-refractivity contribution in [2.75, 3.05) is 0 Å². The number of allylic oxidation sites excluding steroid dienone is 1. The van der Waals surface area contributed by atoms with E-state index in [0.29, 0.717) is 0 Å². The standard InChI is InChI=1S/C25H37F/c1-2-3-4-5-20-8-14-23(15-9-20)24-16-10-21(11-17-24)6-7-22-12-18-25(26)19-13-22/h2,12-13,18-21,23-24H,1,3-11,14-17H2/t20-,21-,23-,24-. The highest BCUT2D eigenvalue weighted by atomic mass is 19.1. The lowest BCUT2D eigenvalue weighted by Gasteiger charge is -2.38. The molecular formula is C25H37F. The molecule has 0 N–H and O–H groups in total. The first-order valence-electron chi connectivity index (χ1n) is 11.1. The molecule has 0 nitrogen and oxygen atoms in total. The number of benzene rings is 1. The van der Waals surface area contributed by atoms with Crippen molar-refractivity contribution in [1.29, 1.82) is 0 Å². The highest BCUT2D eigenvalue weighted by Gasteiger charge is 2.30. The minimum Gasteiger partial charge on any atom is -0.207 e. The van der Waals surface area contributed by atoms with Crippen molar-refractivity contribution in [3.05, 3.63) is 48.3 Å². The molecule has 0 bridgehead atoms. The van der Waals surface area contributed by atoms with Crippen LogP contribution >= 0.6 is 0 Å². The highest BCUT2D eigenvalue weighted by Crippen LogP contribution is 2.43. The second-order valence-electron chi connectivity index (χ2n) is 8.95. The molecule has 0 spiro atoms. The molecule has 0 heterocycles. The summed E-state index contributed by atoms with van der Waals surface area (Å²) in [6.45, 7) is 3.84. The molecule has 1 heteroatoms. The van der Waals surface area contributed by atoms with Gasteiger partial charge >= 0.3 is 0 Å². The van der Waals surface area contributed by atoms with Gasteiger partial charge in [-0.15, -0.1) is 6.58 Å². The van der Waals surface area contributed by atoms with Crippen LogP contribution in [0.1, 0.15) is 82.6 Å². The lowest BCUT2D eigenvalue weighted by Crippen LogP contribution is -2.26. The van der Waals surface area contributed by atoms with Crippen LogP contribution in [-0.4, -0.2) is 0 Å². The molecule has 2 aliphatic rings. The number of hydrogen-bond acceptors (Lipinski definition) is 0. The van der Waals surface area contributed by atoms with Gasteiger partial charge in [-0.2, -0.15) is 0 Å². The molecule has 1 aromatic carbocycles. The Labute approximate surface area is 160 Å². The van der Waals surface area contributed by atoms with Crippen molar-refractivity contribution < 1.29 is 4.39 Å². The van der Waals surface area contributed by atoms with E-state index in [9.17, 15) is 4.39 Å². The summed E-state index contributed by atoms with van der Waals surface area (Å²) in [4.78, 5) is 0. The van der Waals surface area contributed by atoms with Crippen molar-refractivity contribution in [2.45, 2.75) is 83.5 Å². The number of hydrogen-bond donors (Lipinski definition) is 0. The highest BCUT2D eigenvalue weighted by molar-refractivity contribution is 5.16. The molecule has 0 aromatic heterocycles. The van der Waals surface area contributed by atoms with Gasteiger partial charge in [-0.1, -0.05) is 50.3 Å². The minimum atomic E-state index is -0.121. The van der Waals surface area contributed by atoms with Gasteiger partial charge < -0.3 is 0 Å². The van der Waals surface area contributed by atoms with Gasteiger partial charge in [0.15, 0.2) is 0 Å². The zero-order valence-corrected chi connectivity index (χ0v) is 16.5. The Morgan fingerprint density at radius 1 is 0.808 bits per heavy atom. The maximum atomic E-state index is 13.0. The second kappa shape index (κ2) is 10.3. The van der Waals surface area contributed by atoms with E-state index in [0.717, 1.165) is 30.1 Å². The minimum absolute atomic E-state index is 0.121. The molecule has 3 rings (SSSR count). The maximum Gasteiger partial charge on any atom is 0.123 e. The normalized spacial score (nSPS) is 29.4. The smallest absolute Gasteiger partial charge is 0.123 e. The van der Waals surface area contributed by atoms with Gasteiger partial charge in [-0.25, -0.2) is 4.39 Å². The molecule has 1 aromatic rings. The summed E-state index contributed by atoms with van der Waals surface area (Å²) >= 11 is 0. The molecule has 2 saturated carbocycles. The third kappa shape index (κ3) is 5.96. The van der Waals surface area contributed by atoms with Gasteiger partial charge in [-0.05, 0) is 92.7 Å². The lowest BCUT2D eigenvalue weighted by atomic mass is 9.68. The zero-order chi connectivity index (χ0) is 18.2. The van der Waals surface area contributed by atoms with Crippen molar-refractivity contribution in [3.63, 3.8) is 0 Å². The summed E-state index contributed by atoms with van der Waals surface area (Å²) in [7, 11) is 0. The molecule has 0 unspecified atom stereocenters. The fraction of sp³-hybridized carbons (Fsp3) is 0.680. The van der Waals surface area contributed by atoms with E-state index in [2.05, 4.69) is 12.7 Å². The van der Waals surface area contributed by atoms with Crippen LogP contribution < -0.4 is 0 Å². The van der Waals surface area contributed by atoms with Crippen LogP contribution in [0.4, 0.5) is 4.39 Å². The van der Waals surface area contributed by atoms with Crippen molar-refractivity contribution in [1.82, 2.24) is 0 Å². The lowest BCUT2D eigenvalue weighted by molar-refractivity contribution is 0.141. The second-order valence-corrected chi connectivity index (χ2v) is 8.95. The van der Waals surface area contributed by atoms with Gasteiger partial charge in [0.05, 0.1) is 0 Å². The predicted molar refractivity (Wildman–Crippen MR) is 110 cm³/mol. The summed E-state index contributed by atoms with van der Waals surface area (Å²) in [6, 6.07) is 7.10. The fourth-order valence-corrected chi connectivity index (χ4v) is 5.47. The number of rotatable bonds is 8. The number of halogens is 1. The van der Waals surface area contributed by atoms with E-state index >= 15 is 0 Å². The van der Waals surface area contributed by atoms with Crippen LogP contribution in [-0.2, 0) is 6.42 Å². The van der Waals surface area contributed by atoms with Gasteiger partial charge in [0.1, 0.15) is 5.82 Å². The van der Waals surface area contributed by atoms with E-state index in [1.54, 1.807) is 12.1 Å². The van der Waals surface area contributed by atoms with Crippen LogP contribution in [0, 0.1) is 29.5 Å². The van der Waals surface area contributed by atoms with E-state index < -0.39 is 0 Å². The Morgan fingerprint density at radius 2 is 1.35 bits per heavy atom. The van der Waals surface area contributed by atoms with Gasteiger partial charge in [0, 0.05) is 0 Å². The molecule has 0 aliphatic heterocycles. The molecular weight excluding hydrogens is 319 g/mol. The summed E-state index contributed by atoms with van der Waals surface area (Å²) in [6.07, 6.45) is 20.1. The van der Waals surface area contributed by atoms with E-state index in [1.165, 1.54) is 82.6 Å². The maximum absolute atomic E-state index is 13.0. The first-order chi connectivity index (χ1) is 12.7. The average Bonchev–Trinajstić information content (AvgIpc) is 2.69. The Kier molecular flexibility index (Phi) is 7.77. The molecule has 0 radical (unpaired) electrons. The molecule has 0 atom stereocenters. The molecule has 0 amide bonds. The largest absolute Gasteiger partial charge is 0.207 e. The Hall–Kier alpha value is -1.11. The van der Waals surface area contributed by atoms with Crippen LogP contribution in [0.3, 0.4) is 0 Å². The summed E-state index contributed by atoms with van der Waals surface area (Å²) in [5, 5.41) is 0. The molecule has 144 valence electrons. The van der Waals surface area contributed by atoms with Crippen molar-refractivity contribution in [2.24, 2.45) is 23.7 Å². The summed E-state index contributed by atoms with van der Waals surface area (Å²) < 4.78 is 13.0. The number of aryl methyl sites for hydroxylation is 1. The van der Waals surface area contributed by atoms with Crippen LogP contribution in [0.5, 0.6) is 0 Å². The molecule has 0 saturated heterocycles. The first-order valence-corrected chi connectivity index (χ1v) is 11.1. The van der Waals surface area contributed by atoms with Gasteiger partial charge in [-0.3, -0.25) is 0 Å². The van der Waals surface area contributed by atoms with E-state index in [1.807, 2.05) is 12.1 Å². The SMILES string of the molecule is C=CCCC[C@H]1CC[C@H]([C@H]2CC[C@H](CCc3ccc(F)cc3)CC2)CC1. The van der Waals surface area contributed by atoms with Gasteiger partial charge in [0.2, 0.25) is 0 Å². The summed E-state index contributed by atoms with van der Waals surface area (Å²) in [5.74, 6) is 3.80. The zero-order valence-electron chi connectivity index (χ0n) is 16.5. The Bertz CT molecular complexity index is 516. The first kappa shape index (κ1) is 19.6. The van der Waals surface area contributed by atoms with Crippen molar-refractivity contribution >= 4 is 0 Å². The van der Waals surface area contributed by atoms with Crippen LogP contribution in [0.15, 0.2) is 36.9 Å². The van der Waals surface area contributed by atoms with E-state index in [-0.39, 0.29) is 5.82 Å². The third-order valence-corrected chi connectivity index (χ3v) is 7.22.